The molecule has 0 aromatic carbocycles. The molecule has 2 rings (SSSR count). The molecule has 7 nitrogen and oxygen atoms in total. The average molecular weight is 253 g/mol. The van der Waals surface area contributed by atoms with E-state index in [1.165, 1.54) is 12.8 Å². The van der Waals surface area contributed by atoms with Gasteiger partial charge in [0.1, 0.15) is 0 Å². The highest BCUT2D eigenvalue weighted by Gasteiger charge is 2.20. The molecule has 1 aromatic heterocycles. The van der Waals surface area contributed by atoms with E-state index in [1.54, 1.807) is 0 Å². The third-order valence-electron chi connectivity index (χ3n) is 2.49. The summed E-state index contributed by atoms with van der Waals surface area (Å²) in [6.07, 6.45) is 2.60. The van der Waals surface area contributed by atoms with Gasteiger partial charge in [0.2, 0.25) is 11.9 Å². The van der Waals surface area contributed by atoms with Gasteiger partial charge in [-0.25, -0.2) is 0 Å². The molecule has 18 heavy (non-hydrogen) atoms. The van der Waals surface area contributed by atoms with Gasteiger partial charge in [-0.2, -0.15) is 15.0 Å². The van der Waals surface area contributed by atoms with Crippen LogP contribution >= 0.6 is 0 Å². The van der Waals surface area contributed by atoms with Crippen molar-refractivity contribution in [1.82, 2.24) is 15.0 Å². The van der Waals surface area contributed by atoms with E-state index in [2.05, 4.69) is 20.3 Å². The number of nitrogens with zero attached hydrogens (tertiary/aromatic N) is 3. The van der Waals surface area contributed by atoms with Gasteiger partial charge in [0.15, 0.2) is 0 Å². The summed E-state index contributed by atoms with van der Waals surface area (Å²) >= 11 is 0. The largest absolute Gasteiger partial charge is 0.464 e. The normalized spacial score (nSPS) is 14.5. The van der Waals surface area contributed by atoms with Crippen LogP contribution in [0.25, 0.3) is 0 Å². The quantitative estimate of drug-likeness (QED) is 0.658. The second-order valence-electron chi connectivity index (χ2n) is 4.18. The van der Waals surface area contributed by atoms with Crippen molar-refractivity contribution >= 4 is 11.9 Å². The highest BCUT2D eigenvalue weighted by Crippen LogP contribution is 2.28. The predicted octanol–water partition coefficient (Wildman–Crippen LogP) is 0.691. The number of nitrogens with one attached hydrogen (secondary N) is 1. The van der Waals surface area contributed by atoms with Gasteiger partial charge in [-0.1, -0.05) is 0 Å². The molecule has 0 amide bonds. The van der Waals surface area contributed by atoms with Crippen LogP contribution in [0, 0.1) is 5.92 Å². The van der Waals surface area contributed by atoms with E-state index in [1.807, 2.05) is 6.92 Å². The molecule has 0 radical (unpaired) electrons. The van der Waals surface area contributed by atoms with Gasteiger partial charge in [-0.05, 0) is 25.7 Å². The van der Waals surface area contributed by atoms with E-state index in [0.717, 1.165) is 12.5 Å². The maximum absolute atomic E-state index is 5.55. The first-order chi connectivity index (χ1) is 8.78. The zero-order valence-corrected chi connectivity index (χ0v) is 10.6. The summed E-state index contributed by atoms with van der Waals surface area (Å²) in [6.45, 7) is 4.48. The maximum Gasteiger partial charge on any atom is 0.323 e. The third kappa shape index (κ3) is 4.33. The van der Waals surface area contributed by atoms with Crippen LogP contribution in [0.15, 0.2) is 0 Å². The number of rotatable bonds is 8. The molecule has 0 unspecified atom stereocenters. The molecule has 1 aliphatic rings. The van der Waals surface area contributed by atoms with Crippen LogP contribution in [-0.2, 0) is 4.74 Å². The van der Waals surface area contributed by atoms with Crippen molar-refractivity contribution in [2.75, 3.05) is 37.4 Å². The van der Waals surface area contributed by atoms with Gasteiger partial charge in [-0.3, -0.25) is 0 Å². The summed E-state index contributed by atoms with van der Waals surface area (Å²) in [7, 11) is 0. The Labute approximate surface area is 106 Å². The number of nitrogen functional groups attached to an aromatic ring is 1. The van der Waals surface area contributed by atoms with E-state index >= 15 is 0 Å². The highest BCUT2D eigenvalue weighted by molar-refractivity contribution is 5.32. The van der Waals surface area contributed by atoms with Crippen LogP contribution in [0.5, 0.6) is 6.01 Å². The highest BCUT2D eigenvalue weighted by atomic mass is 16.5. The average Bonchev–Trinajstić information content (AvgIpc) is 3.12. The number of anilines is 2. The van der Waals surface area contributed by atoms with E-state index < -0.39 is 0 Å². The smallest absolute Gasteiger partial charge is 0.323 e. The minimum Gasteiger partial charge on any atom is -0.464 e. The summed E-state index contributed by atoms with van der Waals surface area (Å²) in [5.41, 5.74) is 5.55. The molecule has 0 bridgehead atoms. The number of hydrogen-bond donors (Lipinski definition) is 2. The fourth-order valence-corrected chi connectivity index (χ4v) is 1.41. The number of ether oxygens (including phenoxy) is 2. The van der Waals surface area contributed by atoms with Gasteiger partial charge in [0, 0.05) is 13.2 Å². The Morgan fingerprint density at radius 3 is 2.89 bits per heavy atom. The van der Waals surface area contributed by atoms with Crippen LogP contribution < -0.4 is 15.8 Å². The molecular weight excluding hydrogens is 234 g/mol. The first-order valence-electron chi connectivity index (χ1n) is 6.24. The molecular formula is C11H19N5O2. The molecule has 0 saturated heterocycles. The zero-order valence-electron chi connectivity index (χ0n) is 10.6. The molecule has 7 heteroatoms. The minimum atomic E-state index is 0.148. The monoisotopic (exact) mass is 253 g/mol. The third-order valence-corrected chi connectivity index (χ3v) is 2.49. The Kier molecular flexibility index (Phi) is 4.52. The maximum atomic E-state index is 5.55. The van der Waals surface area contributed by atoms with Gasteiger partial charge in [0.25, 0.3) is 0 Å². The van der Waals surface area contributed by atoms with Crippen LogP contribution in [-0.4, -0.2) is 41.3 Å². The SMILES string of the molecule is CCOc1nc(N)nc(NCCOCC2CC2)n1. The first kappa shape index (κ1) is 12.8. The summed E-state index contributed by atoms with van der Waals surface area (Å²) in [4.78, 5) is 11.9. The van der Waals surface area contributed by atoms with Crippen molar-refractivity contribution in [2.24, 2.45) is 5.92 Å². The lowest BCUT2D eigenvalue weighted by molar-refractivity contribution is 0.133. The van der Waals surface area contributed by atoms with Crippen LogP contribution in [0.1, 0.15) is 19.8 Å². The van der Waals surface area contributed by atoms with Gasteiger partial charge >= 0.3 is 6.01 Å². The van der Waals surface area contributed by atoms with Gasteiger partial charge in [-0.15, -0.1) is 0 Å². The molecule has 1 aromatic rings. The standard InChI is InChI=1S/C11H19N5O2/c1-2-18-11-15-9(12)14-10(16-11)13-5-6-17-7-8-3-4-8/h8H,2-7H2,1H3,(H3,12,13,14,15,16). The molecule has 0 aliphatic heterocycles. The van der Waals surface area contributed by atoms with E-state index in [4.69, 9.17) is 15.2 Å². The van der Waals surface area contributed by atoms with E-state index in [-0.39, 0.29) is 12.0 Å². The van der Waals surface area contributed by atoms with E-state index in [9.17, 15) is 0 Å². The summed E-state index contributed by atoms with van der Waals surface area (Å²) in [6, 6.07) is 0.242. The van der Waals surface area contributed by atoms with Crippen LogP contribution in [0.2, 0.25) is 0 Å². The van der Waals surface area contributed by atoms with Crippen molar-refractivity contribution in [2.45, 2.75) is 19.8 Å². The van der Waals surface area contributed by atoms with Crippen molar-refractivity contribution in [3.05, 3.63) is 0 Å². The molecule has 1 heterocycles. The van der Waals surface area contributed by atoms with Crippen molar-refractivity contribution in [3.8, 4) is 6.01 Å². The minimum absolute atomic E-state index is 0.148. The lowest BCUT2D eigenvalue weighted by Gasteiger charge is -2.07. The molecule has 1 saturated carbocycles. The van der Waals surface area contributed by atoms with Crippen LogP contribution in [0.3, 0.4) is 0 Å². The molecule has 100 valence electrons. The Bertz CT molecular complexity index is 384. The lowest BCUT2D eigenvalue weighted by atomic mass is 10.5. The number of hydrogen-bond acceptors (Lipinski definition) is 7. The van der Waals surface area contributed by atoms with Gasteiger partial charge in [0.05, 0.1) is 13.2 Å². The Morgan fingerprint density at radius 2 is 2.17 bits per heavy atom. The van der Waals surface area contributed by atoms with Gasteiger partial charge < -0.3 is 20.5 Å². The Balaban J connectivity index is 1.72. The van der Waals surface area contributed by atoms with Crippen LogP contribution in [0.4, 0.5) is 11.9 Å². The zero-order chi connectivity index (χ0) is 12.8. The van der Waals surface area contributed by atoms with Crippen molar-refractivity contribution in [3.63, 3.8) is 0 Å². The predicted molar refractivity (Wildman–Crippen MR) is 67.4 cm³/mol. The topological polar surface area (TPSA) is 95.2 Å². The molecule has 3 N–H and O–H groups in total. The van der Waals surface area contributed by atoms with Crippen molar-refractivity contribution < 1.29 is 9.47 Å². The summed E-state index contributed by atoms with van der Waals surface area (Å²) < 4.78 is 10.7. The van der Waals surface area contributed by atoms with E-state index in [0.29, 0.717) is 25.7 Å². The lowest BCUT2D eigenvalue weighted by Crippen LogP contribution is -2.14. The fourth-order valence-electron chi connectivity index (χ4n) is 1.41. The molecule has 1 fully saturated rings. The summed E-state index contributed by atoms with van der Waals surface area (Å²) in [5, 5.41) is 3.03. The first-order valence-corrected chi connectivity index (χ1v) is 6.24. The van der Waals surface area contributed by atoms with Crippen molar-refractivity contribution in [1.29, 1.82) is 0 Å². The second-order valence-corrected chi connectivity index (χ2v) is 4.18. The second kappa shape index (κ2) is 6.34. The Hall–Kier alpha value is -1.63. The fraction of sp³-hybridized carbons (Fsp3) is 0.727. The number of nitrogens with two attached hydrogens (primary N) is 1. The number of aromatic nitrogens is 3. The summed E-state index contributed by atoms with van der Waals surface area (Å²) in [5.74, 6) is 1.35. The molecule has 1 aliphatic carbocycles. The molecule has 0 spiro atoms. The molecule has 0 atom stereocenters. The Morgan fingerprint density at radius 1 is 1.33 bits per heavy atom.